The number of hydrogen-bond acceptors (Lipinski definition) is 3. The summed E-state index contributed by atoms with van der Waals surface area (Å²) in [5, 5.41) is 3.97. The third kappa shape index (κ3) is 2.19. The van der Waals surface area contributed by atoms with E-state index in [0.29, 0.717) is 12.3 Å². The molecule has 0 radical (unpaired) electrons. The summed E-state index contributed by atoms with van der Waals surface area (Å²) in [5.74, 6) is -0.128. The van der Waals surface area contributed by atoms with Crippen molar-refractivity contribution in [3.63, 3.8) is 0 Å². The number of carbonyl (C=O) groups excluding carboxylic acids is 1. The molecule has 4 heteroatoms. The van der Waals surface area contributed by atoms with Crippen LogP contribution in [0, 0.1) is 0 Å². The first kappa shape index (κ1) is 11.2. The minimum atomic E-state index is -0.128. The molecule has 1 fully saturated rings. The summed E-state index contributed by atoms with van der Waals surface area (Å²) >= 11 is 0. The second-order valence-corrected chi connectivity index (χ2v) is 4.42. The van der Waals surface area contributed by atoms with Gasteiger partial charge < -0.3 is 10.1 Å². The molecule has 0 spiro atoms. The Balaban J connectivity index is 1.82. The minimum Gasteiger partial charge on any atom is -0.379 e. The van der Waals surface area contributed by atoms with Gasteiger partial charge in [0.25, 0.3) is 5.91 Å². The summed E-state index contributed by atoms with van der Waals surface area (Å²) in [7, 11) is 0. The topological polar surface area (TPSA) is 51.2 Å². The number of nitrogens with zero attached hydrogens (tertiary/aromatic N) is 1. The summed E-state index contributed by atoms with van der Waals surface area (Å²) in [5.41, 5.74) is 1.30. The van der Waals surface area contributed by atoms with Crippen LogP contribution in [0.1, 0.15) is 16.9 Å². The molecule has 1 aliphatic heterocycles. The first-order valence-corrected chi connectivity index (χ1v) is 6.07. The van der Waals surface area contributed by atoms with Gasteiger partial charge in [-0.2, -0.15) is 0 Å². The number of carbonyl (C=O) groups is 1. The van der Waals surface area contributed by atoms with Gasteiger partial charge in [0, 0.05) is 12.0 Å². The van der Waals surface area contributed by atoms with Crippen molar-refractivity contribution >= 4 is 16.8 Å². The molecule has 92 valence electrons. The molecular weight excluding hydrogens is 228 g/mol. The van der Waals surface area contributed by atoms with E-state index in [4.69, 9.17) is 4.74 Å². The van der Waals surface area contributed by atoms with Crippen molar-refractivity contribution in [2.45, 2.75) is 12.5 Å². The normalized spacial score (nSPS) is 19.0. The van der Waals surface area contributed by atoms with Crippen LogP contribution in [-0.2, 0) is 4.74 Å². The summed E-state index contributed by atoms with van der Waals surface area (Å²) < 4.78 is 5.23. The third-order valence-corrected chi connectivity index (χ3v) is 3.10. The number of rotatable bonds is 2. The number of ether oxygens (including phenoxy) is 1. The predicted octanol–water partition coefficient (Wildman–Crippen LogP) is 1.75. The van der Waals surface area contributed by atoms with Gasteiger partial charge in [0.05, 0.1) is 18.2 Å². The Morgan fingerprint density at radius 1 is 1.28 bits per heavy atom. The SMILES string of the molecule is O=C(NC1CCOC1)c1ccc2ccccc2n1. The molecule has 1 amide bonds. The molecule has 1 saturated heterocycles. The zero-order valence-corrected chi connectivity index (χ0v) is 9.93. The maximum Gasteiger partial charge on any atom is 0.270 e. The monoisotopic (exact) mass is 242 g/mol. The fraction of sp³-hybridized carbons (Fsp3) is 0.286. The van der Waals surface area contributed by atoms with E-state index in [1.165, 1.54) is 0 Å². The van der Waals surface area contributed by atoms with Crippen molar-refractivity contribution in [2.24, 2.45) is 0 Å². The highest BCUT2D eigenvalue weighted by molar-refractivity contribution is 5.95. The maximum atomic E-state index is 12.0. The highest BCUT2D eigenvalue weighted by atomic mass is 16.5. The number of fused-ring (bicyclic) bond motifs is 1. The molecule has 1 aromatic carbocycles. The van der Waals surface area contributed by atoms with Crippen LogP contribution in [0.3, 0.4) is 0 Å². The van der Waals surface area contributed by atoms with Crippen LogP contribution >= 0.6 is 0 Å². The Morgan fingerprint density at radius 2 is 2.17 bits per heavy atom. The fourth-order valence-corrected chi connectivity index (χ4v) is 2.10. The Morgan fingerprint density at radius 3 is 3.00 bits per heavy atom. The molecule has 3 rings (SSSR count). The molecule has 1 N–H and O–H groups in total. The van der Waals surface area contributed by atoms with Gasteiger partial charge in [0.1, 0.15) is 5.69 Å². The van der Waals surface area contributed by atoms with Crippen LogP contribution in [0.2, 0.25) is 0 Å². The highest BCUT2D eigenvalue weighted by Crippen LogP contribution is 2.12. The van der Waals surface area contributed by atoms with Gasteiger partial charge in [-0.25, -0.2) is 4.98 Å². The Labute approximate surface area is 105 Å². The zero-order valence-electron chi connectivity index (χ0n) is 9.93. The van der Waals surface area contributed by atoms with Gasteiger partial charge in [-0.1, -0.05) is 24.3 Å². The van der Waals surface area contributed by atoms with E-state index in [2.05, 4.69) is 10.3 Å². The average molecular weight is 242 g/mol. The number of benzene rings is 1. The number of para-hydroxylation sites is 1. The second kappa shape index (κ2) is 4.74. The van der Waals surface area contributed by atoms with Crippen molar-refractivity contribution in [1.82, 2.24) is 10.3 Å². The maximum absolute atomic E-state index is 12.0. The van der Waals surface area contributed by atoms with Gasteiger partial charge in [-0.15, -0.1) is 0 Å². The fourth-order valence-electron chi connectivity index (χ4n) is 2.10. The van der Waals surface area contributed by atoms with E-state index in [-0.39, 0.29) is 11.9 Å². The first-order valence-electron chi connectivity index (χ1n) is 6.07. The lowest BCUT2D eigenvalue weighted by atomic mass is 10.2. The van der Waals surface area contributed by atoms with Gasteiger partial charge in [-0.05, 0) is 18.6 Å². The lowest BCUT2D eigenvalue weighted by molar-refractivity contribution is 0.0925. The van der Waals surface area contributed by atoms with Crippen LogP contribution in [0.15, 0.2) is 36.4 Å². The largest absolute Gasteiger partial charge is 0.379 e. The van der Waals surface area contributed by atoms with Crippen molar-refractivity contribution in [3.05, 3.63) is 42.1 Å². The summed E-state index contributed by atoms with van der Waals surface area (Å²) in [4.78, 5) is 16.4. The molecule has 0 saturated carbocycles. The number of pyridine rings is 1. The van der Waals surface area contributed by atoms with Crippen LogP contribution in [0.25, 0.3) is 10.9 Å². The molecule has 18 heavy (non-hydrogen) atoms. The van der Waals surface area contributed by atoms with Crippen molar-refractivity contribution in [1.29, 1.82) is 0 Å². The smallest absolute Gasteiger partial charge is 0.270 e. The molecule has 1 unspecified atom stereocenters. The Bertz CT molecular complexity index is 577. The molecule has 0 aliphatic carbocycles. The van der Waals surface area contributed by atoms with E-state index in [1.54, 1.807) is 6.07 Å². The molecule has 1 atom stereocenters. The number of nitrogens with one attached hydrogen (secondary N) is 1. The quantitative estimate of drug-likeness (QED) is 0.873. The number of hydrogen-bond donors (Lipinski definition) is 1. The van der Waals surface area contributed by atoms with Crippen molar-refractivity contribution < 1.29 is 9.53 Å². The summed E-state index contributed by atoms with van der Waals surface area (Å²) in [6, 6.07) is 11.6. The molecular formula is C14H14N2O2. The zero-order chi connectivity index (χ0) is 12.4. The van der Waals surface area contributed by atoms with Gasteiger partial charge in [0.15, 0.2) is 0 Å². The summed E-state index contributed by atoms with van der Waals surface area (Å²) in [6.07, 6.45) is 0.874. The first-order chi connectivity index (χ1) is 8.83. The standard InChI is InChI=1S/C14H14N2O2/c17-14(15-11-7-8-18-9-11)13-6-5-10-3-1-2-4-12(10)16-13/h1-6,11H,7-9H2,(H,15,17). The van der Waals surface area contributed by atoms with E-state index in [1.807, 2.05) is 30.3 Å². The highest BCUT2D eigenvalue weighted by Gasteiger charge is 2.19. The van der Waals surface area contributed by atoms with Crippen LogP contribution < -0.4 is 5.32 Å². The predicted molar refractivity (Wildman–Crippen MR) is 68.4 cm³/mol. The van der Waals surface area contributed by atoms with Crippen LogP contribution in [-0.4, -0.2) is 30.1 Å². The van der Waals surface area contributed by atoms with Crippen LogP contribution in [0.5, 0.6) is 0 Å². The lowest BCUT2D eigenvalue weighted by Gasteiger charge is -2.10. The third-order valence-electron chi connectivity index (χ3n) is 3.10. The van der Waals surface area contributed by atoms with E-state index in [0.717, 1.165) is 23.9 Å². The van der Waals surface area contributed by atoms with Gasteiger partial charge >= 0.3 is 0 Å². The van der Waals surface area contributed by atoms with Crippen LogP contribution in [0.4, 0.5) is 0 Å². The van der Waals surface area contributed by atoms with E-state index >= 15 is 0 Å². The lowest BCUT2D eigenvalue weighted by Crippen LogP contribution is -2.35. The van der Waals surface area contributed by atoms with Crippen molar-refractivity contribution in [3.8, 4) is 0 Å². The van der Waals surface area contributed by atoms with Gasteiger partial charge in [0.2, 0.25) is 0 Å². The second-order valence-electron chi connectivity index (χ2n) is 4.42. The minimum absolute atomic E-state index is 0.116. The van der Waals surface area contributed by atoms with E-state index < -0.39 is 0 Å². The Hall–Kier alpha value is -1.94. The Kier molecular flexibility index (Phi) is 2.94. The molecule has 2 aromatic rings. The molecule has 1 aliphatic rings. The summed E-state index contributed by atoms with van der Waals surface area (Å²) in [6.45, 7) is 1.31. The van der Waals surface area contributed by atoms with Crippen molar-refractivity contribution in [2.75, 3.05) is 13.2 Å². The average Bonchev–Trinajstić information content (AvgIpc) is 2.91. The van der Waals surface area contributed by atoms with E-state index in [9.17, 15) is 4.79 Å². The molecule has 4 nitrogen and oxygen atoms in total. The number of amides is 1. The molecule has 1 aromatic heterocycles. The number of aromatic nitrogens is 1. The van der Waals surface area contributed by atoms with Gasteiger partial charge in [-0.3, -0.25) is 4.79 Å². The molecule has 0 bridgehead atoms. The molecule has 2 heterocycles.